The van der Waals surface area contributed by atoms with Gasteiger partial charge in [0.2, 0.25) is 0 Å². The molecule has 2 aromatic rings. The van der Waals surface area contributed by atoms with E-state index in [1.807, 2.05) is 44.2 Å². The third kappa shape index (κ3) is 6.85. The van der Waals surface area contributed by atoms with Gasteiger partial charge in [0.05, 0.1) is 5.60 Å². The number of nitrogens with zero attached hydrogens (tertiary/aromatic N) is 1. The van der Waals surface area contributed by atoms with Gasteiger partial charge < -0.3 is 15.7 Å². The van der Waals surface area contributed by atoms with Gasteiger partial charge in [0.1, 0.15) is 0 Å². The molecular formula is C25H35N3O2. The Hall–Kier alpha value is -2.37. The Morgan fingerprint density at radius 3 is 2.43 bits per heavy atom. The van der Waals surface area contributed by atoms with Crippen LogP contribution in [0, 0.1) is 5.92 Å². The van der Waals surface area contributed by atoms with Crippen molar-refractivity contribution < 1.29 is 9.90 Å². The van der Waals surface area contributed by atoms with Gasteiger partial charge >= 0.3 is 6.03 Å². The van der Waals surface area contributed by atoms with Crippen LogP contribution < -0.4 is 10.6 Å². The fourth-order valence-corrected chi connectivity index (χ4v) is 4.40. The number of para-hydroxylation sites is 1. The van der Waals surface area contributed by atoms with Crippen LogP contribution >= 0.6 is 0 Å². The first-order valence-corrected chi connectivity index (χ1v) is 11.0. The van der Waals surface area contributed by atoms with Crippen molar-refractivity contribution in [1.82, 2.24) is 10.2 Å². The van der Waals surface area contributed by atoms with Crippen LogP contribution in [0.3, 0.4) is 0 Å². The molecule has 5 nitrogen and oxygen atoms in total. The largest absolute Gasteiger partial charge is 0.389 e. The van der Waals surface area contributed by atoms with E-state index in [0.717, 1.165) is 44.5 Å². The molecule has 5 heteroatoms. The number of benzene rings is 2. The minimum atomic E-state index is -0.743. The molecule has 0 radical (unpaired) electrons. The standard InChI is InChI=1S/C25H35N3O2/c1-25(2,30)23-19-21(18-20-10-5-3-6-11-20)14-17-28(23)16-9-15-26-24(29)27-22-12-7-4-8-13-22/h3-8,10-13,21,23,30H,9,14-19H2,1-2H3,(H2,26,27,29)/t21-,23?/m1/s1. The first-order valence-electron chi connectivity index (χ1n) is 11.0. The Morgan fingerprint density at radius 1 is 1.10 bits per heavy atom. The van der Waals surface area contributed by atoms with E-state index in [0.29, 0.717) is 12.5 Å². The first kappa shape index (κ1) is 22.3. The summed E-state index contributed by atoms with van der Waals surface area (Å²) >= 11 is 0. The molecule has 0 aliphatic carbocycles. The normalized spacial score (nSPS) is 20.0. The number of anilines is 1. The average molecular weight is 410 g/mol. The lowest BCUT2D eigenvalue weighted by atomic mass is 9.80. The molecule has 2 amide bonds. The van der Waals surface area contributed by atoms with Crippen LogP contribution in [-0.2, 0) is 6.42 Å². The molecule has 3 N–H and O–H groups in total. The van der Waals surface area contributed by atoms with Crippen LogP contribution in [0.15, 0.2) is 60.7 Å². The van der Waals surface area contributed by atoms with E-state index in [1.54, 1.807) is 0 Å². The maximum absolute atomic E-state index is 12.0. The van der Waals surface area contributed by atoms with Crippen LogP contribution in [0.25, 0.3) is 0 Å². The van der Waals surface area contributed by atoms with Crippen molar-refractivity contribution in [3.8, 4) is 0 Å². The zero-order valence-electron chi connectivity index (χ0n) is 18.2. The van der Waals surface area contributed by atoms with Crippen LogP contribution in [0.4, 0.5) is 10.5 Å². The number of hydrogen-bond acceptors (Lipinski definition) is 3. The highest BCUT2D eigenvalue weighted by molar-refractivity contribution is 5.89. The molecule has 3 rings (SSSR count). The summed E-state index contributed by atoms with van der Waals surface area (Å²) < 4.78 is 0. The summed E-state index contributed by atoms with van der Waals surface area (Å²) in [7, 11) is 0. The summed E-state index contributed by atoms with van der Waals surface area (Å²) in [6.07, 6.45) is 4.07. The Balaban J connectivity index is 1.45. The maximum atomic E-state index is 12.0. The molecule has 1 saturated heterocycles. The SMILES string of the molecule is CC(C)(O)C1C[C@@H](Cc2ccccc2)CCN1CCCNC(=O)Nc1ccccc1. The fraction of sp³-hybridized carbons (Fsp3) is 0.480. The zero-order chi connectivity index (χ0) is 21.4. The Kier molecular flexibility index (Phi) is 7.88. The van der Waals surface area contributed by atoms with Gasteiger partial charge in [0, 0.05) is 24.8 Å². The van der Waals surface area contributed by atoms with Gasteiger partial charge in [-0.25, -0.2) is 4.79 Å². The summed E-state index contributed by atoms with van der Waals surface area (Å²) in [6.45, 7) is 6.31. The number of amides is 2. The first-order chi connectivity index (χ1) is 14.4. The average Bonchev–Trinajstić information content (AvgIpc) is 2.73. The second kappa shape index (κ2) is 10.6. The van der Waals surface area contributed by atoms with Crippen molar-refractivity contribution in [2.24, 2.45) is 5.92 Å². The van der Waals surface area contributed by atoms with Crippen molar-refractivity contribution in [3.05, 3.63) is 66.2 Å². The summed E-state index contributed by atoms with van der Waals surface area (Å²) in [5.74, 6) is 0.592. The maximum Gasteiger partial charge on any atom is 0.319 e. The lowest BCUT2D eigenvalue weighted by Crippen LogP contribution is -2.54. The molecule has 2 aromatic carbocycles. The monoisotopic (exact) mass is 409 g/mol. The van der Waals surface area contributed by atoms with E-state index >= 15 is 0 Å². The molecule has 30 heavy (non-hydrogen) atoms. The predicted octanol–water partition coefficient (Wildman–Crippen LogP) is 4.29. The van der Waals surface area contributed by atoms with Gasteiger partial charge in [0.25, 0.3) is 0 Å². The summed E-state index contributed by atoms with van der Waals surface area (Å²) in [6, 6.07) is 20.0. The number of piperidine rings is 1. The van der Waals surface area contributed by atoms with Crippen molar-refractivity contribution in [3.63, 3.8) is 0 Å². The van der Waals surface area contributed by atoms with E-state index in [2.05, 4.69) is 45.9 Å². The Labute approximate surface area is 180 Å². The van der Waals surface area contributed by atoms with E-state index < -0.39 is 5.60 Å². The fourth-order valence-electron chi connectivity index (χ4n) is 4.40. The summed E-state index contributed by atoms with van der Waals surface area (Å²) in [5.41, 5.74) is 1.42. The third-order valence-electron chi connectivity index (χ3n) is 5.94. The molecule has 0 bridgehead atoms. The van der Waals surface area contributed by atoms with Crippen LogP contribution in [-0.4, -0.2) is 47.3 Å². The number of likely N-dealkylation sites (tertiary alicyclic amines) is 1. The molecular weight excluding hydrogens is 374 g/mol. The number of hydrogen-bond donors (Lipinski definition) is 3. The number of nitrogens with one attached hydrogen (secondary N) is 2. The smallest absolute Gasteiger partial charge is 0.319 e. The Bertz CT molecular complexity index is 774. The number of aliphatic hydroxyl groups is 1. The minimum absolute atomic E-state index is 0.137. The molecule has 1 aliphatic rings. The van der Waals surface area contributed by atoms with Gasteiger partial charge in [-0.2, -0.15) is 0 Å². The summed E-state index contributed by atoms with van der Waals surface area (Å²) in [5, 5.41) is 16.5. The molecule has 1 heterocycles. The molecule has 0 aromatic heterocycles. The molecule has 0 spiro atoms. The summed E-state index contributed by atoms with van der Waals surface area (Å²) in [4.78, 5) is 14.4. The minimum Gasteiger partial charge on any atom is -0.389 e. The third-order valence-corrected chi connectivity index (χ3v) is 5.94. The van der Waals surface area contributed by atoms with Gasteiger partial charge in [0.15, 0.2) is 0 Å². The molecule has 1 aliphatic heterocycles. The number of carbonyl (C=O) groups is 1. The number of carbonyl (C=O) groups excluding carboxylic acids is 1. The molecule has 1 unspecified atom stereocenters. The molecule has 0 saturated carbocycles. The molecule has 162 valence electrons. The lowest BCUT2D eigenvalue weighted by molar-refractivity contribution is -0.0483. The van der Waals surface area contributed by atoms with Crippen LogP contribution in [0.2, 0.25) is 0 Å². The van der Waals surface area contributed by atoms with E-state index in [4.69, 9.17) is 0 Å². The van der Waals surface area contributed by atoms with Gasteiger partial charge in [-0.15, -0.1) is 0 Å². The van der Waals surface area contributed by atoms with E-state index in [-0.39, 0.29) is 12.1 Å². The second-order valence-electron chi connectivity index (χ2n) is 8.89. The van der Waals surface area contributed by atoms with Crippen LogP contribution in [0.1, 0.15) is 38.7 Å². The highest BCUT2D eigenvalue weighted by Crippen LogP contribution is 2.31. The van der Waals surface area contributed by atoms with E-state index in [1.165, 1.54) is 5.56 Å². The highest BCUT2D eigenvalue weighted by atomic mass is 16.3. The second-order valence-corrected chi connectivity index (χ2v) is 8.89. The topological polar surface area (TPSA) is 64.6 Å². The van der Waals surface area contributed by atoms with Gasteiger partial charge in [-0.05, 0) is 69.7 Å². The number of rotatable bonds is 8. The van der Waals surface area contributed by atoms with Gasteiger partial charge in [-0.1, -0.05) is 48.5 Å². The zero-order valence-corrected chi connectivity index (χ0v) is 18.2. The molecule has 2 atom stereocenters. The predicted molar refractivity (Wildman–Crippen MR) is 123 cm³/mol. The number of urea groups is 1. The quantitative estimate of drug-likeness (QED) is 0.570. The highest BCUT2D eigenvalue weighted by Gasteiger charge is 2.37. The van der Waals surface area contributed by atoms with Crippen molar-refractivity contribution in [2.45, 2.75) is 51.2 Å². The van der Waals surface area contributed by atoms with Crippen molar-refractivity contribution in [2.75, 3.05) is 25.0 Å². The molecule has 1 fully saturated rings. The van der Waals surface area contributed by atoms with Crippen molar-refractivity contribution in [1.29, 1.82) is 0 Å². The Morgan fingerprint density at radius 2 is 1.77 bits per heavy atom. The lowest BCUT2D eigenvalue weighted by Gasteiger charge is -2.45. The van der Waals surface area contributed by atoms with Gasteiger partial charge in [-0.3, -0.25) is 4.90 Å². The van der Waals surface area contributed by atoms with Crippen molar-refractivity contribution >= 4 is 11.7 Å². The van der Waals surface area contributed by atoms with E-state index in [9.17, 15) is 9.90 Å². The van der Waals surface area contributed by atoms with Crippen LogP contribution in [0.5, 0.6) is 0 Å².